The zero-order chi connectivity index (χ0) is 20.9. The number of hydrogen-bond donors (Lipinski definition) is 0. The highest BCUT2D eigenvalue weighted by Crippen LogP contribution is 2.32. The van der Waals surface area contributed by atoms with Gasteiger partial charge in [-0.25, -0.2) is 9.97 Å². The fraction of sp³-hybridized carbons (Fsp3) is 0.429. The topological polar surface area (TPSA) is 94.1 Å². The standard InChI is InChI=1S/C21H24N4O5/c1-15(20(27)24-9-11-25(12-10-24)21-22-7-2-8-23-21)30-19(26)6-4-16-3-5-17-18(13-16)29-14-28-17/h2-3,5,7-8,13,15H,4,6,9-12,14H2,1H3. The van der Waals surface area contributed by atoms with Crippen LogP contribution >= 0.6 is 0 Å². The Hall–Kier alpha value is -3.36. The molecule has 2 aliphatic heterocycles. The molecule has 0 radical (unpaired) electrons. The van der Waals surface area contributed by atoms with Gasteiger partial charge in [0, 0.05) is 45.0 Å². The Morgan fingerprint density at radius 2 is 1.83 bits per heavy atom. The lowest BCUT2D eigenvalue weighted by atomic mass is 10.1. The molecule has 1 aromatic carbocycles. The predicted octanol–water partition coefficient (Wildman–Crippen LogP) is 1.42. The number of anilines is 1. The molecule has 158 valence electrons. The molecule has 1 amide bonds. The molecule has 1 atom stereocenters. The second-order valence-electron chi connectivity index (χ2n) is 7.18. The fourth-order valence-corrected chi connectivity index (χ4v) is 3.49. The molecule has 0 N–H and O–H groups in total. The van der Waals surface area contributed by atoms with Crippen molar-refractivity contribution in [1.29, 1.82) is 0 Å². The van der Waals surface area contributed by atoms with Crippen LogP contribution in [-0.2, 0) is 20.7 Å². The Bertz CT molecular complexity index is 900. The first-order chi connectivity index (χ1) is 14.6. The van der Waals surface area contributed by atoms with Crippen molar-refractivity contribution in [1.82, 2.24) is 14.9 Å². The molecule has 4 rings (SSSR count). The lowest BCUT2D eigenvalue weighted by Gasteiger charge is -2.35. The van der Waals surface area contributed by atoms with Crippen molar-refractivity contribution in [2.75, 3.05) is 37.9 Å². The maximum atomic E-state index is 12.6. The highest BCUT2D eigenvalue weighted by molar-refractivity contribution is 5.83. The lowest BCUT2D eigenvalue weighted by molar-refractivity contribution is -0.159. The van der Waals surface area contributed by atoms with E-state index in [1.165, 1.54) is 0 Å². The Labute approximate surface area is 174 Å². The van der Waals surface area contributed by atoms with Gasteiger partial charge in [0.25, 0.3) is 5.91 Å². The molecule has 30 heavy (non-hydrogen) atoms. The number of piperazine rings is 1. The van der Waals surface area contributed by atoms with Crippen LogP contribution in [0.25, 0.3) is 0 Å². The average molecular weight is 412 g/mol. The van der Waals surface area contributed by atoms with Crippen LogP contribution in [0.1, 0.15) is 18.9 Å². The van der Waals surface area contributed by atoms with E-state index >= 15 is 0 Å². The normalized spacial score (nSPS) is 16.3. The summed E-state index contributed by atoms with van der Waals surface area (Å²) < 4.78 is 16.0. The summed E-state index contributed by atoms with van der Waals surface area (Å²) in [5, 5.41) is 0. The smallest absolute Gasteiger partial charge is 0.306 e. The van der Waals surface area contributed by atoms with Gasteiger partial charge in [-0.05, 0) is 37.1 Å². The third kappa shape index (κ3) is 4.61. The number of ether oxygens (including phenoxy) is 3. The zero-order valence-electron chi connectivity index (χ0n) is 16.8. The SMILES string of the molecule is CC(OC(=O)CCc1ccc2c(c1)OCO2)C(=O)N1CCN(c2ncccn2)CC1. The van der Waals surface area contributed by atoms with Gasteiger partial charge in [-0.15, -0.1) is 0 Å². The molecule has 9 nitrogen and oxygen atoms in total. The molecule has 2 aromatic rings. The van der Waals surface area contributed by atoms with Gasteiger partial charge in [0.1, 0.15) is 0 Å². The first-order valence-electron chi connectivity index (χ1n) is 9.99. The van der Waals surface area contributed by atoms with E-state index in [4.69, 9.17) is 14.2 Å². The molecule has 1 saturated heterocycles. The van der Waals surface area contributed by atoms with Crippen molar-refractivity contribution in [3.05, 3.63) is 42.2 Å². The molecular formula is C21H24N4O5. The van der Waals surface area contributed by atoms with Crippen LogP contribution in [0.5, 0.6) is 11.5 Å². The minimum atomic E-state index is -0.811. The molecule has 1 unspecified atom stereocenters. The second kappa shape index (κ2) is 8.98. The molecule has 1 aromatic heterocycles. The number of carbonyl (C=O) groups is 2. The second-order valence-corrected chi connectivity index (χ2v) is 7.18. The van der Waals surface area contributed by atoms with Gasteiger partial charge in [0.05, 0.1) is 0 Å². The summed E-state index contributed by atoms with van der Waals surface area (Å²) in [6.07, 6.45) is 3.28. The Morgan fingerprint density at radius 1 is 1.10 bits per heavy atom. The lowest BCUT2D eigenvalue weighted by Crippen LogP contribution is -2.52. The molecule has 2 aliphatic rings. The van der Waals surface area contributed by atoms with Crippen LogP contribution in [0.4, 0.5) is 5.95 Å². The zero-order valence-corrected chi connectivity index (χ0v) is 16.8. The molecule has 1 fully saturated rings. The third-order valence-electron chi connectivity index (χ3n) is 5.14. The van der Waals surface area contributed by atoms with Crippen LogP contribution < -0.4 is 14.4 Å². The van der Waals surface area contributed by atoms with Gasteiger partial charge < -0.3 is 24.0 Å². The summed E-state index contributed by atoms with van der Waals surface area (Å²) in [5.74, 6) is 1.47. The number of rotatable bonds is 6. The van der Waals surface area contributed by atoms with E-state index in [-0.39, 0.29) is 19.1 Å². The Kier molecular flexibility index (Phi) is 5.97. The molecule has 0 spiro atoms. The van der Waals surface area contributed by atoms with E-state index in [2.05, 4.69) is 9.97 Å². The van der Waals surface area contributed by atoms with E-state index in [1.54, 1.807) is 30.3 Å². The van der Waals surface area contributed by atoms with E-state index in [0.29, 0.717) is 50.0 Å². The summed E-state index contributed by atoms with van der Waals surface area (Å²) >= 11 is 0. The summed E-state index contributed by atoms with van der Waals surface area (Å²) in [6.45, 7) is 4.19. The van der Waals surface area contributed by atoms with Gasteiger partial charge in [0.15, 0.2) is 17.6 Å². The number of fused-ring (bicyclic) bond motifs is 1. The number of benzene rings is 1. The van der Waals surface area contributed by atoms with Crippen LogP contribution in [0, 0.1) is 0 Å². The monoisotopic (exact) mass is 412 g/mol. The maximum absolute atomic E-state index is 12.6. The van der Waals surface area contributed by atoms with Gasteiger partial charge in [-0.2, -0.15) is 0 Å². The van der Waals surface area contributed by atoms with E-state index in [1.807, 2.05) is 23.1 Å². The number of amides is 1. The third-order valence-corrected chi connectivity index (χ3v) is 5.14. The average Bonchev–Trinajstić information content (AvgIpc) is 3.26. The van der Waals surface area contributed by atoms with Crippen molar-refractivity contribution < 1.29 is 23.8 Å². The van der Waals surface area contributed by atoms with Crippen molar-refractivity contribution in [3.8, 4) is 11.5 Å². The van der Waals surface area contributed by atoms with Crippen molar-refractivity contribution in [2.45, 2.75) is 25.9 Å². The van der Waals surface area contributed by atoms with Gasteiger partial charge in [-0.3, -0.25) is 9.59 Å². The van der Waals surface area contributed by atoms with Gasteiger partial charge in [-0.1, -0.05) is 6.07 Å². The number of hydrogen-bond acceptors (Lipinski definition) is 8. The predicted molar refractivity (Wildman–Crippen MR) is 107 cm³/mol. The summed E-state index contributed by atoms with van der Waals surface area (Å²) in [6, 6.07) is 7.35. The quantitative estimate of drug-likeness (QED) is 0.658. The van der Waals surface area contributed by atoms with Crippen LogP contribution in [0.3, 0.4) is 0 Å². The van der Waals surface area contributed by atoms with Crippen molar-refractivity contribution in [2.24, 2.45) is 0 Å². The number of carbonyl (C=O) groups excluding carboxylic acids is 2. The Balaban J connectivity index is 1.22. The van der Waals surface area contributed by atoms with E-state index < -0.39 is 12.1 Å². The molecule has 0 saturated carbocycles. The van der Waals surface area contributed by atoms with E-state index in [9.17, 15) is 9.59 Å². The molecule has 0 bridgehead atoms. The van der Waals surface area contributed by atoms with Crippen molar-refractivity contribution >= 4 is 17.8 Å². The summed E-state index contributed by atoms with van der Waals surface area (Å²) in [4.78, 5) is 37.1. The maximum Gasteiger partial charge on any atom is 0.306 e. The Morgan fingerprint density at radius 3 is 2.60 bits per heavy atom. The molecular weight excluding hydrogens is 388 g/mol. The molecule has 3 heterocycles. The first-order valence-corrected chi connectivity index (χ1v) is 9.99. The minimum absolute atomic E-state index is 0.181. The fourth-order valence-electron chi connectivity index (χ4n) is 3.49. The van der Waals surface area contributed by atoms with Crippen LogP contribution in [0.2, 0.25) is 0 Å². The minimum Gasteiger partial charge on any atom is -0.454 e. The highest BCUT2D eigenvalue weighted by atomic mass is 16.7. The van der Waals surface area contributed by atoms with Crippen molar-refractivity contribution in [3.63, 3.8) is 0 Å². The summed E-state index contributed by atoms with van der Waals surface area (Å²) in [5.41, 5.74) is 0.953. The first kappa shape index (κ1) is 19.9. The summed E-state index contributed by atoms with van der Waals surface area (Å²) in [7, 11) is 0. The molecule has 9 heteroatoms. The van der Waals surface area contributed by atoms with Gasteiger partial charge in [0.2, 0.25) is 12.7 Å². The van der Waals surface area contributed by atoms with Crippen LogP contribution in [-0.4, -0.2) is 65.8 Å². The number of esters is 1. The van der Waals surface area contributed by atoms with Crippen LogP contribution in [0.15, 0.2) is 36.7 Å². The largest absolute Gasteiger partial charge is 0.454 e. The highest BCUT2D eigenvalue weighted by Gasteiger charge is 2.27. The number of aromatic nitrogens is 2. The number of aryl methyl sites for hydroxylation is 1. The molecule has 0 aliphatic carbocycles. The number of nitrogens with zero attached hydrogens (tertiary/aromatic N) is 4. The van der Waals surface area contributed by atoms with E-state index in [0.717, 1.165) is 5.56 Å². The van der Waals surface area contributed by atoms with Gasteiger partial charge >= 0.3 is 5.97 Å².